The highest BCUT2D eigenvalue weighted by atomic mass is 16.6. The molecular formula is C18H29NO7. The Kier molecular flexibility index (Phi) is 12.3. The summed E-state index contributed by atoms with van der Waals surface area (Å²) < 4.78 is 21.0. The molecule has 148 valence electrons. The summed E-state index contributed by atoms with van der Waals surface area (Å²) in [7, 11) is 0. The normalized spacial score (nSPS) is 13.7. The van der Waals surface area contributed by atoms with Crippen LogP contribution in [0.3, 0.4) is 0 Å². The van der Waals surface area contributed by atoms with Gasteiger partial charge in [0.1, 0.15) is 6.61 Å². The van der Waals surface area contributed by atoms with Crippen LogP contribution in [-0.2, 0) is 33.3 Å². The Bertz CT molecular complexity index is 446. The molecule has 0 aromatic carbocycles. The van der Waals surface area contributed by atoms with Crippen molar-refractivity contribution in [3.63, 3.8) is 0 Å². The van der Waals surface area contributed by atoms with Crippen LogP contribution in [0.4, 0.5) is 0 Å². The third-order valence-corrected chi connectivity index (χ3v) is 3.58. The molecule has 0 unspecified atom stereocenters. The molecule has 0 radical (unpaired) electrons. The van der Waals surface area contributed by atoms with Crippen molar-refractivity contribution in [2.24, 2.45) is 0 Å². The van der Waals surface area contributed by atoms with E-state index in [2.05, 4.69) is 6.92 Å². The number of esters is 1. The molecule has 1 aliphatic heterocycles. The smallest absolute Gasteiger partial charge is 0.305 e. The molecule has 0 bridgehead atoms. The minimum atomic E-state index is -0.307. The van der Waals surface area contributed by atoms with E-state index in [-0.39, 0.29) is 37.5 Å². The van der Waals surface area contributed by atoms with Gasteiger partial charge in [-0.15, -0.1) is 0 Å². The van der Waals surface area contributed by atoms with E-state index in [0.717, 1.165) is 24.2 Å². The number of ether oxygens (including phenoxy) is 4. The van der Waals surface area contributed by atoms with Crippen molar-refractivity contribution >= 4 is 17.8 Å². The van der Waals surface area contributed by atoms with Gasteiger partial charge < -0.3 is 18.9 Å². The zero-order valence-corrected chi connectivity index (χ0v) is 15.4. The zero-order valence-electron chi connectivity index (χ0n) is 15.4. The van der Waals surface area contributed by atoms with E-state index in [4.69, 9.17) is 18.9 Å². The van der Waals surface area contributed by atoms with E-state index in [1.165, 1.54) is 12.2 Å². The lowest BCUT2D eigenvalue weighted by Crippen LogP contribution is -2.33. The maximum atomic E-state index is 11.3. The van der Waals surface area contributed by atoms with Gasteiger partial charge in [0, 0.05) is 18.6 Å². The summed E-state index contributed by atoms with van der Waals surface area (Å²) in [5.74, 6) is -0.791. The van der Waals surface area contributed by atoms with Gasteiger partial charge in [0.05, 0.1) is 46.2 Å². The first-order valence-corrected chi connectivity index (χ1v) is 9.07. The molecule has 8 nitrogen and oxygen atoms in total. The molecule has 26 heavy (non-hydrogen) atoms. The third-order valence-electron chi connectivity index (χ3n) is 3.58. The van der Waals surface area contributed by atoms with Crippen LogP contribution in [0.2, 0.25) is 0 Å². The van der Waals surface area contributed by atoms with Crippen LogP contribution in [0.15, 0.2) is 12.2 Å². The number of carbonyl (C=O) groups is 3. The first-order valence-electron chi connectivity index (χ1n) is 9.07. The summed E-state index contributed by atoms with van der Waals surface area (Å²) in [6.07, 6.45) is 5.95. The Balaban J connectivity index is 1.79. The molecule has 8 heteroatoms. The van der Waals surface area contributed by atoms with E-state index in [9.17, 15) is 14.4 Å². The van der Waals surface area contributed by atoms with Crippen molar-refractivity contribution in [2.75, 3.05) is 52.8 Å². The molecule has 0 saturated heterocycles. The predicted molar refractivity (Wildman–Crippen MR) is 93.4 cm³/mol. The SMILES string of the molecule is CCCCCC(=O)OCCOCCOCCOCCN1C(=O)C=CC1=O. The van der Waals surface area contributed by atoms with Crippen molar-refractivity contribution in [3.8, 4) is 0 Å². The number of hydrogen-bond acceptors (Lipinski definition) is 7. The second-order valence-corrected chi connectivity index (χ2v) is 5.68. The summed E-state index contributed by atoms with van der Waals surface area (Å²) in [6.45, 7) is 4.82. The quantitative estimate of drug-likeness (QED) is 0.228. The molecule has 1 aliphatic rings. The van der Waals surface area contributed by atoms with Gasteiger partial charge in [0.25, 0.3) is 11.8 Å². The molecule has 0 fully saturated rings. The van der Waals surface area contributed by atoms with Crippen molar-refractivity contribution in [1.29, 1.82) is 0 Å². The van der Waals surface area contributed by atoms with Gasteiger partial charge >= 0.3 is 5.97 Å². The van der Waals surface area contributed by atoms with Crippen LogP contribution in [0.5, 0.6) is 0 Å². The summed E-state index contributed by atoms with van der Waals surface area (Å²) in [5, 5.41) is 0. The molecule has 0 saturated carbocycles. The van der Waals surface area contributed by atoms with Crippen molar-refractivity contribution in [3.05, 3.63) is 12.2 Å². The minimum absolute atomic E-state index is 0.177. The van der Waals surface area contributed by atoms with Crippen LogP contribution in [0.1, 0.15) is 32.6 Å². The first-order chi connectivity index (χ1) is 12.6. The molecular weight excluding hydrogens is 342 g/mol. The van der Waals surface area contributed by atoms with Gasteiger partial charge in [-0.05, 0) is 6.42 Å². The second kappa shape index (κ2) is 14.4. The number of rotatable bonds is 16. The zero-order chi connectivity index (χ0) is 19.0. The number of carbonyl (C=O) groups excluding carboxylic acids is 3. The van der Waals surface area contributed by atoms with Crippen molar-refractivity contribution in [2.45, 2.75) is 32.6 Å². The Morgan fingerprint density at radius 3 is 1.96 bits per heavy atom. The Morgan fingerprint density at radius 1 is 0.846 bits per heavy atom. The number of unbranched alkanes of at least 4 members (excludes halogenated alkanes) is 2. The van der Waals surface area contributed by atoms with E-state index in [1.54, 1.807) is 0 Å². The third kappa shape index (κ3) is 10.3. The largest absolute Gasteiger partial charge is 0.463 e. The number of amides is 2. The highest BCUT2D eigenvalue weighted by Crippen LogP contribution is 2.02. The van der Waals surface area contributed by atoms with E-state index >= 15 is 0 Å². The maximum Gasteiger partial charge on any atom is 0.305 e. The van der Waals surface area contributed by atoms with E-state index in [0.29, 0.717) is 39.5 Å². The van der Waals surface area contributed by atoms with Gasteiger partial charge in [-0.3, -0.25) is 19.3 Å². The van der Waals surface area contributed by atoms with Crippen molar-refractivity contribution in [1.82, 2.24) is 4.90 Å². The predicted octanol–water partition coefficient (Wildman–Crippen LogP) is 1.08. The Labute approximate surface area is 154 Å². The molecule has 0 N–H and O–H groups in total. The summed E-state index contributed by atoms with van der Waals surface area (Å²) in [6, 6.07) is 0. The Morgan fingerprint density at radius 2 is 1.38 bits per heavy atom. The topological polar surface area (TPSA) is 91.4 Å². The minimum Gasteiger partial charge on any atom is -0.463 e. The summed E-state index contributed by atoms with van der Waals surface area (Å²) >= 11 is 0. The summed E-state index contributed by atoms with van der Waals surface area (Å²) in [5.41, 5.74) is 0. The van der Waals surface area contributed by atoms with Crippen LogP contribution in [0.25, 0.3) is 0 Å². The molecule has 0 aromatic heterocycles. The lowest BCUT2D eigenvalue weighted by Gasteiger charge is -2.13. The van der Waals surface area contributed by atoms with Crippen molar-refractivity contribution < 1.29 is 33.3 Å². The van der Waals surface area contributed by atoms with E-state index in [1.807, 2.05) is 0 Å². The molecule has 0 aliphatic carbocycles. The fourth-order valence-electron chi connectivity index (χ4n) is 2.16. The van der Waals surface area contributed by atoms with Gasteiger partial charge in [-0.25, -0.2) is 0 Å². The molecule has 0 atom stereocenters. The van der Waals surface area contributed by atoms with Gasteiger partial charge in [-0.2, -0.15) is 0 Å². The average Bonchev–Trinajstić information content (AvgIpc) is 2.94. The number of imide groups is 1. The molecule has 2 amide bonds. The second-order valence-electron chi connectivity index (χ2n) is 5.68. The molecule has 0 spiro atoms. The monoisotopic (exact) mass is 371 g/mol. The number of nitrogens with zero attached hydrogens (tertiary/aromatic N) is 1. The molecule has 0 aromatic rings. The first kappa shape index (κ1) is 22.3. The van der Waals surface area contributed by atoms with Crippen LogP contribution in [-0.4, -0.2) is 75.5 Å². The fraction of sp³-hybridized carbons (Fsp3) is 0.722. The van der Waals surface area contributed by atoms with Crippen LogP contribution in [0, 0.1) is 0 Å². The molecule has 1 rings (SSSR count). The Hall–Kier alpha value is -1.77. The summed E-state index contributed by atoms with van der Waals surface area (Å²) in [4.78, 5) is 35.0. The van der Waals surface area contributed by atoms with Gasteiger partial charge in [0.2, 0.25) is 0 Å². The van der Waals surface area contributed by atoms with Crippen LogP contribution >= 0.6 is 0 Å². The van der Waals surface area contributed by atoms with E-state index < -0.39 is 0 Å². The maximum absolute atomic E-state index is 11.3. The lowest BCUT2D eigenvalue weighted by molar-refractivity contribution is -0.145. The molecule has 1 heterocycles. The highest BCUT2D eigenvalue weighted by Gasteiger charge is 2.22. The average molecular weight is 371 g/mol. The van der Waals surface area contributed by atoms with Gasteiger partial charge in [-0.1, -0.05) is 19.8 Å². The van der Waals surface area contributed by atoms with Gasteiger partial charge in [0.15, 0.2) is 0 Å². The van der Waals surface area contributed by atoms with Crippen LogP contribution < -0.4 is 0 Å². The highest BCUT2D eigenvalue weighted by molar-refractivity contribution is 6.12. The standard InChI is InChI=1S/C18H29NO7/c1-2-3-4-5-18(22)26-15-14-25-13-12-24-11-10-23-9-8-19-16(20)6-7-17(19)21/h6-7H,2-5,8-15H2,1H3. The fourth-order valence-corrected chi connectivity index (χ4v) is 2.16. The lowest BCUT2D eigenvalue weighted by atomic mass is 10.2. The number of hydrogen-bond donors (Lipinski definition) is 0.